The van der Waals surface area contributed by atoms with E-state index < -0.39 is 0 Å². The molecule has 0 aliphatic carbocycles. The summed E-state index contributed by atoms with van der Waals surface area (Å²) in [5.41, 5.74) is 4.74. The first-order valence-corrected chi connectivity index (χ1v) is 8.47. The lowest BCUT2D eigenvalue weighted by Crippen LogP contribution is -2.24. The Labute approximate surface area is 146 Å². The second-order valence-corrected chi connectivity index (χ2v) is 6.41. The molecule has 0 atom stereocenters. The highest BCUT2D eigenvalue weighted by molar-refractivity contribution is 6.31. The molecule has 1 heterocycles. The number of hydrogen-bond donors (Lipinski definition) is 1. The fraction of sp³-hybridized carbons (Fsp3) is 0.333. The molecule has 0 saturated carbocycles. The average Bonchev–Trinajstić information content (AvgIpc) is 2.68. The van der Waals surface area contributed by atoms with Gasteiger partial charge >= 0.3 is 0 Å². The zero-order valence-corrected chi connectivity index (χ0v) is 14.3. The Morgan fingerprint density at radius 3 is 2.00 bits per heavy atom. The van der Waals surface area contributed by atoms with Gasteiger partial charge in [0, 0.05) is 28.0 Å². The lowest BCUT2D eigenvalue weighted by atomic mass is 10.0. The molecular weight excluding hydrogens is 333 g/mol. The van der Waals surface area contributed by atoms with Crippen LogP contribution in [0.5, 0.6) is 0 Å². The molecular formula is C18H19Cl2NO2. The number of hydrogen-bond acceptors (Lipinski definition) is 3. The molecule has 122 valence electrons. The maximum Gasteiger partial charge on any atom is 0.0698 e. The van der Waals surface area contributed by atoms with E-state index in [1.165, 1.54) is 11.1 Å². The predicted molar refractivity (Wildman–Crippen MR) is 95.2 cm³/mol. The number of aryl methyl sites for hydroxylation is 2. The molecule has 0 saturated heterocycles. The minimum Gasteiger partial charge on any atom is -0.394 e. The molecule has 1 aliphatic rings. The van der Waals surface area contributed by atoms with Crippen LogP contribution in [0.1, 0.15) is 11.1 Å². The van der Waals surface area contributed by atoms with Crippen molar-refractivity contribution in [2.45, 2.75) is 12.8 Å². The summed E-state index contributed by atoms with van der Waals surface area (Å²) in [6, 6.07) is 12.0. The Bertz CT molecular complexity index is 637. The summed E-state index contributed by atoms with van der Waals surface area (Å²) in [6.45, 7) is 1.59. The molecule has 23 heavy (non-hydrogen) atoms. The maximum atomic E-state index is 8.86. The number of aliphatic hydroxyl groups excluding tert-OH is 1. The summed E-state index contributed by atoms with van der Waals surface area (Å²) in [6.07, 6.45) is 1.93. The summed E-state index contributed by atoms with van der Waals surface area (Å²) >= 11 is 12.4. The van der Waals surface area contributed by atoms with Gasteiger partial charge in [-0.1, -0.05) is 35.3 Å². The number of benzene rings is 2. The van der Waals surface area contributed by atoms with Crippen molar-refractivity contribution in [3.8, 4) is 0 Å². The van der Waals surface area contributed by atoms with E-state index in [2.05, 4.69) is 17.0 Å². The van der Waals surface area contributed by atoms with Crippen LogP contribution >= 0.6 is 23.2 Å². The Balaban J connectivity index is 1.99. The third-order valence-corrected chi connectivity index (χ3v) is 4.51. The van der Waals surface area contributed by atoms with Gasteiger partial charge in [-0.05, 0) is 48.2 Å². The molecule has 2 aromatic carbocycles. The normalized spacial score (nSPS) is 13.4. The molecule has 0 unspecified atom stereocenters. The number of ether oxygens (including phenoxy) is 1. The molecule has 3 rings (SSSR count). The highest BCUT2D eigenvalue weighted by Crippen LogP contribution is 2.38. The van der Waals surface area contributed by atoms with Gasteiger partial charge in [0.15, 0.2) is 0 Å². The van der Waals surface area contributed by atoms with Crippen LogP contribution in [0.3, 0.4) is 0 Å². The van der Waals surface area contributed by atoms with Gasteiger partial charge in [0.05, 0.1) is 19.8 Å². The monoisotopic (exact) mass is 351 g/mol. The second-order valence-electron chi connectivity index (χ2n) is 5.53. The van der Waals surface area contributed by atoms with E-state index in [4.69, 9.17) is 33.0 Å². The maximum absolute atomic E-state index is 8.86. The van der Waals surface area contributed by atoms with Crippen molar-refractivity contribution < 1.29 is 9.84 Å². The number of aliphatic hydroxyl groups is 1. The minimum atomic E-state index is 0.0326. The quantitative estimate of drug-likeness (QED) is 0.817. The number of fused-ring (bicyclic) bond motifs is 2. The summed E-state index contributed by atoms with van der Waals surface area (Å²) in [4.78, 5) is 2.22. The van der Waals surface area contributed by atoms with Crippen molar-refractivity contribution in [3.63, 3.8) is 0 Å². The van der Waals surface area contributed by atoms with Gasteiger partial charge in [0.25, 0.3) is 0 Å². The Kier molecular flexibility index (Phi) is 5.44. The largest absolute Gasteiger partial charge is 0.394 e. The Morgan fingerprint density at radius 2 is 1.48 bits per heavy atom. The predicted octanol–water partition coefficient (Wildman–Crippen LogP) is 4.24. The first-order chi connectivity index (χ1) is 11.2. The number of rotatable bonds is 5. The molecule has 0 radical (unpaired) electrons. The van der Waals surface area contributed by atoms with E-state index in [0.29, 0.717) is 19.8 Å². The highest BCUT2D eigenvalue weighted by atomic mass is 35.5. The molecule has 0 spiro atoms. The van der Waals surface area contributed by atoms with Crippen LogP contribution in [0, 0.1) is 0 Å². The molecule has 0 bridgehead atoms. The van der Waals surface area contributed by atoms with Crippen LogP contribution < -0.4 is 4.90 Å². The Morgan fingerprint density at radius 1 is 0.913 bits per heavy atom. The highest BCUT2D eigenvalue weighted by Gasteiger charge is 2.21. The fourth-order valence-corrected chi connectivity index (χ4v) is 3.29. The second kappa shape index (κ2) is 7.54. The molecule has 1 aliphatic heterocycles. The molecule has 3 nitrogen and oxygen atoms in total. The first kappa shape index (κ1) is 16.6. The molecule has 0 aromatic heterocycles. The van der Waals surface area contributed by atoms with E-state index in [0.717, 1.165) is 34.3 Å². The molecule has 0 fully saturated rings. The third-order valence-electron chi connectivity index (χ3n) is 4.03. The van der Waals surface area contributed by atoms with Crippen molar-refractivity contribution in [1.29, 1.82) is 0 Å². The standard InChI is InChI=1S/C18H19Cl2NO2/c19-15-5-3-13-1-2-14-4-6-16(20)12-18(14)21(17(13)11-15)7-9-23-10-8-22/h3-6,11-12,22H,1-2,7-10H2. The van der Waals surface area contributed by atoms with Gasteiger partial charge in [-0.15, -0.1) is 0 Å². The van der Waals surface area contributed by atoms with Crippen LogP contribution in [0.25, 0.3) is 0 Å². The first-order valence-electron chi connectivity index (χ1n) is 7.72. The van der Waals surface area contributed by atoms with E-state index in [-0.39, 0.29) is 6.61 Å². The average molecular weight is 352 g/mol. The smallest absolute Gasteiger partial charge is 0.0698 e. The van der Waals surface area contributed by atoms with Crippen LogP contribution in [0.4, 0.5) is 11.4 Å². The van der Waals surface area contributed by atoms with Crippen molar-refractivity contribution in [2.24, 2.45) is 0 Å². The van der Waals surface area contributed by atoms with Crippen molar-refractivity contribution in [2.75, 3.05) is 31.3 Å². The van der Waals surface area contributed by atoms with Crippen molar-refractivity contribution in [1.82, 2.24) is 0 Å². The molecule has 2 aromatic rings. The van der Waals surface area contributed by atoms with Crippen molar-refractivity contribution >= 4 is 34.6 Å². The van der Waals surface area contributed by atoms with Crippen LogP contribution in [-0.4, -0.2) is 31.5 Å². The van der Waals surface area contributed by atoms with Gasteiger partial charge in [0.1, 0.15) is 0 Å². The molecule has 0 amide bonds. The van der Waals surface area contributed by atoms with E-state index >= 15 is 0 Å². The van der Waals surface area contributed by atoms with E-state index in [9.17, 15) is 0 Å². The van der Waals surface area contributed by atoms with Crippen LogP contribution in [0.15, 0.2) is 36.4 Å². The van der Waals surface area contributed by atoms with Gasteiger partial charge in [-0.3, -0.25) is 0 Å². The SMILES string of the molecule is OCCOCCN1c2cc(Cl)ccc2CCc2ccc(Cl)cc21. The number of nitrogens with zero attached hydrogens (tertiary/aromatic N) is 1. The third kappa shape index (κ3) is 3.81. The van der Waals surface area contributed by atoms with Gasteiger partial charge < -0.3 is 14.7 Å². The Hall–Kier alpha value is -1.26. The van der Waals surface area contributed by atoms with E-state index in [1.807, 2.05) is 24.3 Å². The van der Waals surface area contributed by atoms with Gasteiger partial charge in [0.2, 0.25) is 0 Å². The minimum absolute atomic E-state index is 0.0326. The molecule has 5 heteroatoms. The van der Waals surface area contributed by atoms with Crippen molar-refractivity contribution in [3.05, 3.63) is 57.6 Å². The summed E-state index contributed by atoms with van der Waals surface area (Å²) < 4.78 is 5.46. The topological polar surface area (TPSA) is 32.7 Å². The van der Waals surface area contributed by atoms with Crippen LogP contribution in [0.2, 0.25) is 10.0 Å². The fourth-order valence-electron chi connectivity index (χ4n) is 2.96. The van der Waals surface area contributed by atoms with Gasteiger partial charge in [-0.2, -0.15) is 0 Å². The lowest BCUT2D eigenvalue weighted by molar-refractivity contribution is 0.0975. The zero-order chi connectivity index (χ0) is 16.2. The zero-order valence-electron chi connectivity index (χ0n) is 12.8. The number of halogens is 2. The lowest BCUT2D eigenvalue weighted by Gasteiger charge is -2.27. The molecule has 1 N–H and O–H groups in total. The van der Waals surface area contributed by atoms with Crippen LogP contribution in [-0.2, 0) is 17.6 Å². The van der Waals surface area contributed by atoms with Gasteiger partial charge in [-0.25, -0.2) is 0 Å². The summed E-state index contributed by atoms with van der Waals surface area (Å²) in [5, 5.41) is 10.3. The summed E-state index contributed by atoms with van der Waals surface area (Å²) in [7, 11) is 0. The van der Waals surface area contributed by atoms with E-state index in [1.54, 1.807) is 0 Å². The number of anilines is 2. The summed E-state index contributed by atoms with van der Waals surface area (Å²) in [5.74, 6) is 0.